The first-order valence-corrected chi connectivity index (χ1v) is 6.18. The van der Waals surface area contributed by atoms with Gasteiger partial charge in [0.15, 0.2) is 0 Å². The standard InChI is InChI=1S/C12H22N2O2/c1-12(11(15)16)7-9(3-5-13-12)10-4-6-14(2)8-10/h9-10,13H,3-8H2,1-2H3,(H,15,16). The van der Waals surface area contributed by atoms with Crippen molar-refractivity contribution < 1.29 is 9.90 Å². The van der Waals surface area contributed by atoms with Crippen LogP contribution in [0.15, 0.2) is 0 Å². The van der Waals surface area contributed by atoms with Crippen molar-refractivity contribution in [2.75, 3.05) is 26.7 Å². The van der Waals surface area contributed by atoms with E-state index >= 15 is 0 Å². The van der Waals surface area contributed by atoms with E-state index in [0.29, 0.717) is 11.8 Å². The second-order valence-corrected chi connectivity index (χ2v) is 5.63. The van der Waals surface area contributed by atoms with Gasteiger partial charge in [-0.2, -0.15) is 0 Å². The quantitative estimate of drug-likeness (QED) is 0.730. The number of nitrogens with one attached hydrogen (secondary N) is 1. The Labute approximate surface area is 97.0 Å². The van der Waals surface area contributed by atoms with Crippen LogP contribution in [0.25, 0.3) is 0 Å². The molecule has 0 saturated carbocycles. The van der Waals surface area contributed by atoms with Crippen molar-refractivity contribution in [3.63, 3.8) is 0 Å². The molecule has 2 aliphatic rings. The number of carboxylic acids is 1. The van der Waals surface area contributed by atoms with E-state index in [9.17, 15) is 9.90 Å². The molecule has 0 radical (unpaired) electrons. The molecule has 0 aromatic carbocycles. The summed E-state index contributed by atoms with van der Waals surface area (Å²) in [5.74, 6) is 0.571. The number of rotatable bonds is 2. The zero-order chi connectivity index (χ0) is 11.8. The molecule has 4 nitrogen and oxygen atoms in total. The summed E-state index contributed by atoms with van der Waals surface area (Å²) in [6.45, 7) is 4.96. The summed E-state index contributed by atoms with van der Waals surface area (Å²) in [4.78, 5) is 13.6. The highest BCUT2D eigenvalue weighted by Crippen LogP contribution is 2.34. The predicted octanol–water partition coefficient (Wildman–Crippen LogP) is 0.781. The third-order valence-electron chi connectivity index (χ3n) is 4.27. The second-order valence-electron chi connectivity index (χ2n) is 5.63. The fraction of sp³-hybridized carbons (Fsp3) is 0.917. The molecule has 0 spiro atoms. The molecule has 3 unspecified atom stereocenters. The summed E-state index contributed by atoms with van der Waals surface area (Å²) >= 11 is 0. The first-order valence-electron chi connectivity index (χ1n) is 6.18. The van der Waals surface area contributed by atoms with Crippen LogP contribution in [0.4, 0.5) is 0 Å². The van der Waals surface area contributed by atoms with Crippen LogP contribution in [-0.2, 0) is 4.79 Å². The molecule has 2 aliphatic heterocycles. The molecule has 92 valence electrons. The predicted molar refractivity (Wildman–Crippen MR) is 62.4 cm³/mol. The van der Waals surface area contributed by atoms with Crippen LogP contribution < -0.4 is 5.32 Å². The zero-order valence-electron chi connectivity index (χ0n) is 10.2. The summed E-state index contributed by atoms with van der Waals surface area (Å²) in [6.07, 6.45) is 3.14. The minimum atomic E-state index is -0.705. The maximum atomic E-state index is 11.2. The van der Waals surface area contributed by atoms with Gasteiger partial charge in [0.25, 0.3) is 0 Å². The number of hydrogen-bond donors (Lipinski definition) is 2. The molecule has 0 bridgehead atoms. The van der Waals surface area contributed by atoms with Gasteiger partial charge in [0, 0.05) is 6.54 Å². The molecule has 4 heteroatoms. The summed E-state index contributed by atoms with van der Waals surface area (Å²) in [7, 11) is 2.15. The molecule has 3 atom stereocenters. The minimum Gasteiger partial charge on any atom is -0.480 e. The Bertz CT molecular complexity index is 282. The first kappa shape index (κ1) is 11.9. The average molecular weight is 226 g/mol. The van der Waals surface area contributed by atoms with Gasteiger partial charge in [-0.15, -0.1) is 0 Å². The van der Waals surface area contributed by atoms with Crippen LogP contribution in [0.3, 0.4) is 0 Å². The van der Waals surface area contributed by atoms with E-state index in [-0.39, 0.29) is 0 Å². The molecule has 0 aromatic rings. The lowest BCUT2D eigenvalue weighted by atomic mass is 9.76. The Morgan fingerprint density at radius 3 is 2.75 bits per heavy atom. The number of hydrogen-bond acceptors (Lipinski definition) is 3. The Morgan fingerprint density at radius 1 is 1.44 bits per heavy atom. The van der Waals surface area contributed by atoms with E-state index in [1.165, 1.54) is 13.0 Å². The summed E-state index contributed by atoms with van der Waals surface area (Å²) < 4.78 is 0. The van der Waals surface area contributed by atoms with Gasteiger partial charge < -0.3 is 15.3 Å². The number of piperidine rings is 1. The Kier molecular flexibility index (Phi) is 3.22. The van der Waals surface area contributed by atoms with Gasteiger partial charge in [0.1, 0.15) is 5.54 Å². The van der Waals surface area contributed by atoms with Crippen molar-refractivity contribution >= 4 is 5.97 Å². The minimum absolute atomic E-state index is 0.576. The highest BCUT2D eigenvalue weighted by atomic mass is 16.4. The van der Waals surface area contributed by atoms with Crippen molar-refractivity contribution in [3.05, 3.63) is 0 Å². The summed E-state index contributed by atoms with van der Waals surface area (Å²) in [5, 5.41) is 12.4. The first-order chi connectivity index (χ1) is 7.51. The number of likely N-dealkylation sites (tertiary alicyclic amines) is 1. The van der Waals surface area contributed by atoms with Gasteiger partial charge in [-0.1, -0.05) is 0 Å². The SMILES string of the molecule is CN1CCC(C2CCNC(C)(C(=O)O)C2)C1. The van der Waals surface area contributed by atoms with Gasteiger partial charge in [-0.05, 0) is 58.2 Å². The monoisotopic (exact) mass is 226 g/mol. The van der Waals surface area contributed by atoms with Crippen LogP contribution in [0.2, 0.25) is 0 Å². The van der Waals surface area contributed by atoms with Crippen molar-refractivity contribution in [2.45, 2.75) is 31.7 Å². The van der Waals surface area contributed by atoms with Gasteiger partial charge in [-0.3, -0.25) is 4.79 Å². The molecule has 0 amide bonds. The molecule has 0 aliphatic carbocycles. The van der Waals surface area contributed by atoms with Crippen LogP contribution in [0.1, 0.15) is 26.2 Å². The Hall–Kier alpha value is -0.610. The van der Waals surface area contributed by atoms with Crippen molar-refractivity contribution in [1.29, 1.82) is 0 Å². The fourth-order valence-corrected chi connectivity index (χ4v) is 3.15. The molecule has 2 fully saturated rings. The van der Waals surface area contributed by atoms with Crippen LogP contribution in [0, 0.1) is 11.8 Å². The van der Waals surface area contributed by atoms with Gasteiger partial charge in [0.2, 0.25) is 0 Å². The van der Waals surface area contributed by atoms with E-state index in [1.807, 2.05) is 6.92 Å². The van der Waals surface area contributed by atoms with Crippen molar-refractivity contribution in [3.8, 4) is 0 Å². The highest BCUT2D eigenvalue weighted by Gasteiger charge is 2.41. The summed E-state index contributed by atoms with van der Waals surface area (Å²) in [5.41, 5.74) is -0.704. The largest absolute Gasteiger partial charge is 0.480 e. The van der Waals surface area contributed by atoms with Crippen LogP contribution in [-0.4, -0.2) is 48.2 Å². The molecule has 2 saturated heterocycles. The lowest BCUT2D eigenvalue weighted by Gasteiger charge is -2.38. The number of carbonyl (C=O) groups is 1. The lowest BCUT2D eigenvalue weighted by molar-refractivity contribution is -0.146. The maximum absolute atomic E-state index is 11.2. The Balaban J connectivity index is 1.99. The molecule has 2 heterocycles. The third kappa shape index (κ3) is 2.23. The molecular weight excluding hydrogens is 204 g/mol. The maximum Gasteiger partial charge on any atom is 0.323 e. The third-order valence-corrected chi connectivity index (χ3v) is 4.27. The molecule has 2 N–H and O–H groups in total. The second kappa shape index (κ2) is 4.34. The highest BCUT2D eigenvalue weighted by molar-refractivity contribution is 5.78. The number of nitrogens with zero attached hydrogens (tertiary/aromatic N) is 1. The van der Waals surface area contributed by atoms with Crippen LogP contribution >= 0.6 is 0 Å². The van der Waals surface area contributed by atoms with Gasteiger partial charge >= 0.3 is 5.97 Å². The number of aliphatic carboxylic acids is 1. The van der Waals surface area contributed by atoms with E-state index in [0.717, 1.165) is 25.9 Å². The van der Waals surface area contributed by atoms with Crippen molar-refractivity contribution in [1.82, 2.24) is 10.2 Å². The van der Waals surface area contributed by atoms with E-state index < -0.39 is 11.5 Å². The topological polar surface area (TPSA) is 52.6 Å². The molecular formula is C12H22N2O2. The summed E-state index contributed by atoms with van der Waals surface area (Å²) in [6, 6.07) is 0. The van der Waals surface area contributed by atoms with Gasteiger partial charge in [0.05, 0.1) is 0 Å². The lowest BCUT2D eigenvalue weighted by Crippen LogP contribution is -2.55. The molecule has 2 rings (SSSR count). The molecule has 16 heavy (non-hydrogen) atoms. The zero-order valence-corrected chi connectivity index (χ0v) is 10.2. The number of carboxylic acid groups (broad SMARTS) is 1. The van der Waals surface area contributed by atoms with E-state index in [1.54, 1.807) is 0 Å². The fourth-order valence-electron chi connectivity index (χ4n) is 3.15. The Morgan fingerprint density at radius 2 is 2.19 bits per heavy atom. The van der Waals surface area contributed by atoms with E-state index in [2.05, 4.69) is 17.3 Å². The smallest absolute Gasteiger partial charge is 0.323 e. The normalized spacial score (nSPS) is 41.1. The molecule has 0 aromatic heterocycles. The van der Waals surface area contributed by atoms with Crippen LogP contribution in [0.5, 0.6) is 0 Å². The average Bonchev–Trinajstić information content (AvgIpc) is 2.65. The van der Waals surface area contributed by atoms with Crippen molar-refractivity contribution in [2.24, 2.45) is 11.8 Å². The van der Waals surface area contributed by atoms with E-state index in [4.69, 9.17) is 0 Å². The van der Waals surface area contributed by atoms with Gasteiger partial charge in [-0.25, -0.2) is 0 Å².